The Morgan fingerprint density at radius 2 is 1.80 bits per heavy atom. The summed E-state index contributed by atoms with van der Waals surface area (Å²) in [5.74, 6) is 0.866. The molecule has 1 aliphatic carbocycles. The van der Waals surface area contributed by atoms with Crippen molar-refractivity contribution in [3.8, 4) is 5.75 Å². The minimum atomic E-state index is -0.658. The zero-order valence-corrected chi connectivity index (χ0v) is 15.5. The van der Waals surface area contributed by atoms with Gasteiger partial charge in [0.2, 0.25) is 0 Å². The van der Waals surface area contributed by atoms with Crippen molar-refractivity contribution in [2.45, 2.75) is 56.3 Å². The summed E-state index contributed by atoms with van der Waals surface area (Å²) in [6.45, 7) is 2.35. The van der Waals surface area contributed by atoms with Gasteiger partial charge in [-0.3, -0.25) is 4.90 Å². The van der Waals surface area contributed by atoms with Crippen molar-refractivity contribution >= 4 is 5.69 Å². The number of anilines is 1. The maximum Gasteiger partial charge on any atom is 0.119 e. The van der Waals surface area contributed by atoms with Crippen LogP contribution in [0.5, 0.6) is 5.75 Å². The Bertz CT molecular complexity index is 540. The van der Waals surface area contributed by atoms with E-state index in [4.69, 9.17) is 4.74 Å². The minimum absolute atomic E-state index is 0.192. The maximum atomic E-state index is 11.0. The highest BCUT2D eigenvalue weighted by Crippen LogP contribution is 2.30. The van der Waals surface area contributed by atoms with Crippen molar-refractivity contribution in [3.63, 3.8) is 0 Å². The number of nitrogens with zero attached hydrogens (tertiary/aromatic N) is 2. The van der Waals surface area contributed by atoms with Crippen molar-refractivity contribution < 1.29 is 14.9 Å². The van der Waals surface area contributed by atoms with Crippen LogP contribution in [0.2, 0.25) is 0 Å². The van der Waals surface area contributed by atoms with E-state index in [0.29, 0.717) is 6.54 Å². The molecule has 1 aromatic carbocycles. The summed E-state index contributed by atoms with van der Waals surface area (Å²) in [6, 6.07) is 8.31. The van der Waals surface area contributed by atoms with Crippen LogP contribution in [-0.2, 0) is 0 Å². The van der Waals surface area contributed by atoms with Crippen LogP contribution < -0.4 is 9.64 Å². The van der Waals surface area contributed by atoms with Gasteiger partial charge in [-0.2, -0.15) is 0 Å². The molecule has 0 aromatic heterocycles. The highest BCUT2D eigenvalue weighted by Gasteiger charge is 2.36. The first-order valence-corrected chi connectivity index (χ1v) is 9.50. The number of hydrogen-bond donors (Lipinski definition) is 2. The molecule has 0 amide bonds. The normalized spacial score (nSPS) is 26.7. The molecule has 1 saturated heterocycles. The molecular formula is C20H32N2O3. The number of likely N-dealkylation sites (N-methyl/N-ethyl adjacent to an activating group) is 1. The molecular weight excluding hydrogens is 316 g/mol. The van der Waals surface area contributed by atoms with Crippen molar-refractivity contribution in [2.75, 3.05) is 38.7 Å². The fourth-order valence-corrected chi connectivity index (χ4v) is 4.32. The molecule has 25 heavy (non-hydrogen) atoms. The average molecular weight is 348 g/mol. The molecule has 140 valence electrons. The first-order chi connectivity index (χ1) is 12.0. The van der Waals surface area contributed by atoms with Crippen LogP contribution in [0.4, 0.5) is 5.69 Å². The van der Waals surface area contributed by atoms with E-state index < -0.39 is 5.60 Å². The molecule has 2 N–H and O–H groups in total. The molecule has 1 heterocycles. The third-order valence-corrected chi connectivity index (χ3v) is 5.94. The molecule has 2 aliphatic rings. The van der Waals surface area contributed by atoms with Crippen molar-refractivity contribution in [3.05, 3.63) is 24.3 Å². The molecule has 1 saturated carbocycles. The van der Waals surface area contributed by atoms with Crippen LogP contribution in [0.15, 0.2) is 24.3 Å². The first-order valence-electron chi connectivity index (χ1n) is 9.50. The molecule has 2 fully saturated rings. The van der Waals surface area contributed by atoms with Gasteiger partial charge in [0.15, 0.2) is 0 Å². The maximum absolute atomic E-state index is 11.0. The highest BCUT2D eigenvalue weighted by atomic mass is 16.5. The number of rotatable bonds is 5. The average Bonchev–Trinajstić information content (AvgIpc) is 2.62. The second-order valence-corrected chi connectivity index (χ2v) is 7.74. The van der Waals surface area contributed by atoms with Gasteiger partial charge in [-0.1, -0.05) is 12.8 Å². The van der Waals surface area contributed by atoms with Crippen molar-refractivity contribution in [2.24, 2.45) is 0 Å². The molecule has 2 atom stereocenters. The van der Waals surface area contributed by atoms with Crippen molar-refractivity contribution in [1.82, 2.24) is 4.90 Å². The number of benzene rings is 1. The van der Waals surface area contributed by atoms with Crippen LogP contribution >= 0.6 is 0 Å². The molecule has 0 unspecified atom stereocenters. The van der Waals surface area contributed by atoms with Gasteiger partial charge >= 0.3 is 0 Å². The van der Waals surface area contributed by atoms with Crippen LogP contribution in [0.3, 0.4) is 0 Å². The lowest BCUT2D eigenvalue weighted by Gasteiger charge is -2.44. The van der Waals surface area contributed by atoms with Gasteiger partial charge < -0.3 is 19.8 Å². The number of aliphatic hydroxyl groups excluding tert-OH is 1. The molecule has 0 bridgehead atoms. The lowest BCUT2D eigenvalue weighted by atomic mass is 9.87. The number of hydrogen-bond acceptors (Lipinski definition) is 5. The highest BCUT2D eigenvalue weighted by molar-refractivity contribution is 5.49. The van der Waals surface area contributed by atoms with Gasteiger partial charge in [0.25, 0.3) is 0 Å². The van der Waals surface area contributed by atoms with Crippen LogP contribution in [0.1, 0.15) is 38.5 Å². The van der Waals surface area contributed by atoms with E-state index in [-0.39, 0.29) is 12.1 Å². The monoisotopic (exact) mass is 348 g/mol. The van der Waals surface area contributed by atoms with E-state index in [0.717, 1.165) is 50.9 Å². The van der Waals surface area contributed by atoms with Crippen molar-refractivity contribution in [1.29, 1.82) is 0 Å². The van der Waals surface area contributed by atoms with Crippen LogP contribution in [-0.4, -0.2) is 66.7 Å². The Morgan fingerprint density at radius 3 is 2.40 bits per heavy atom. The second-order valence-electron chi connectivity index (χ2n) is 7.74. The molecule has 0 spiro atoms. The summed E-state index contributed by atoms with van der Waals surface area (Å²) in [4.78, 5) is 4.51. The van der Waals surface area contributed by atoms with E-state index in [1.807, 2.05) is 19.2 Å². The fraction of sp³-hybridized carbons (Fsp3) is 0.700. The topological polar surface area (TPSA) is 56.2 Å². The quantitative estimate of drug-likeness (QED) is 0.855. The molecule has 1 aliphatic heterocycles. The largest absolute Gasteiger partial charge is 0.497 e. The standard InChI is InChI=1S/C20H32N2O3/c1-21(18-5-3-4-6-19(18)23)15-20(24)11-13-22(14-12-20)16-7-9-17(25-2)10-8-16/h7-10,18-19,23-24H,3-6,11-15H2,1-2H3/t18-,19-/m0/s1. The van der Waals surface area contributed by atoms with Gasteiger partial charge in [-0.15, -0.1) is 0 Å². The van der Waals surface area contributed by atoms with Gasteiger partial charge in [-0.25, -0.2) is 0 Å². The van der Waals surface area contributed by atoms with Gasteiger partial charge in [0.1, 0.15) is 5.75 Å². The Labute approximate surface area is 151 Å². The van der Waals surface area contributed by atoms with Crippen LogP contribution in [0.25, 0.3) is 0 Å². The van der Waals surface area contributed by atoms with E-state index in [2.05, 4.69) is 21.9 Å². The number of methoxy groups -OCH3 is 1. The molecule has 5 heteroatoms. The summed E-state index contributed by atoms with van der Waals surface area (Å²) < 4.78 is 5.22. The Morgan fingerprint density at radius 1 is 1.16 bits per heavy atom. The number of piperidine rings is 1. The molecule has 3 rings (SSSR count). The van der Waals surface area contributed by atoms with Crippen LogP contribution in [0, 0.1) is 0 Å². The van der Waals surface area contributed by atoms with Gasteiger partial charge in [0.05, 0.1) is 18.8 Å². The first kappa shape index (κ1) is 18.5. The SMILES string of the molecule is COc1ccc(N2CCC(O)(CN(C)[C@H]3CCCC[C@@H]3O)CC2)cc1. The summed E-state index contributed by atoms with van der Waals surface area (Å²) >= 11 is 0. The lowest BCUT2D eigenvalue weighted by molar-refractivity contribution is -0.0448. The van der Waals surface area contributed by atoms with E-state index in [9.17, 15) is 10.2 Å². The van der Waals surface area contributed by atoms with E-state index in [1.165, 1.54) is 12.1 Å². The van der Waals surface area contributed by atoms with E-state index in [1.54, 1.807) is 7.11 Å². The Kier molecular flexibility index (Phi) is 5.87. The van der Waals surface area contributed by atoms with Gasteiger partial charge in [-0.05, 0) is 57.0 Å². The summed E-state index contributed by atoms with van der Waals surface area (Å²) in [5.41, 5.74) is 0.522. The summed E-state index contributed by atoms with van der Waals surface area (Å²) in [7, 11) is 3.72. The Hall–Kier alpha value is -1.30. The minimum Gasteiger partial charge on any atom is -0.497 e. The summed E-state index contributed by atoms with van der Waals surface area (Å²) in [6.07, 6.45) is 5.48. The number of ether oxygens (including phenoxy) is 1. The van der Waals surface area contributed by atoms with Gasteiger partial charge in [0, 0.05) is 31.4 Å². The summed E-state index contributed by atoms with van der Waals surface area (Å²) in [5, 5.41) is 21.3. The molecule has 5 nitrogen and oxygen atoms in total. The fourth-order valence-electron chi connectivity index (χ4n) is 4.32. The molecule has 0 radical (unpaired) electrons. The molecule has 1 aromatic rings. The number of aliphatic hydroxyl groups is 2. The third-order valence-electron chi connectivity index (χ3n) is 5.94. The second kappa shape index (κ2) is 7.94. The lowest BCUT2D eigenvalue weighted by Crippen LogP contribution is -2.54. The zero-order chi connectivity index (χ0) is 17.9. The third kappa shape index (κ3) is 4.46. The zero-order valence-electron chi connectivity index (χ0n) is 15.5. The predicted molar refractivity (Wildman–Crippen MR) is 100 cm³/mol. The van der Waals surface area contributed by atoms with E-state index >= 15 is 0 Å². The Balaban J connectivity index is 1.54. The predicted octanol–water partition coefficient (Wildman–Crippen LogP) is 2.26. The smallest absolute Gasteiger partial charge is 0.119 e.